The second-order valence-electron chi connectivity index (χ2n) is 8.96. The summed E-state index contributed by atoms with van der Waals surface area (Å²) in [7, 11) is 0. The molecule has 142 valence electrons. The summed E-state index contributed by atoms with van der Waals surface area (Å²) in [4.78, 5) is 0. The number of halogens is 1. The molecule has 0 saturated carbocycles. The van der Waals surface area contributed by atoms with E-state index in [1.165, 1.54) is 32.9 Å². The lowest BCUT2D eigenvalue weighted by molar-refractivity contribution is -0.213. The number of hydrogen-bond donors (Lipinski definition) is 2. The van der Waals surface area contributed by atoms with E-state index in [9.17, 15) is 5.21 Å². The molecule has 1 heterocycles. The molecule has 2 aromatic rings. The highest BCUT2D eigenvalue weighted by Crippen LogP contribution is 2.39. The Morgan fingerprint density at radius 3 is 2.41 bits per heavy atom. The quantitative estimate of drug-likeness (QED) is 0.503. The van der Waals surface area contributed by atoms with Crippen LogP contribution in [0.3, 0.4) is 0 Å². The molecule has 3 nitrogen and oxygen atoms in total. The standard InChI is InChI=1S/C23H27BrN2O/c1-22(2)12-15(13-23(3,4)26(22)27)14-25-19-6-8-21-17(11-19)9-16-10-18(24)5-7-20(16)21/h5-8,10-12,25,27H,9,13-14H2,1-4H3. The Kier molecular flexibility index (Phi) is 4.49. The molecule has 4 heteroatoms. The van der Waals surface area contributed by atoms with Crippen molar-refractivity contribution < 1.29 is 5.21 Å². The third kappa shape index (κ3) is 3.46. The molecular weight excluding hydrogens is 400 g/mol. The van der Waals surface area contributed by atoms with Gasteiger partial charge in [-0.25, -0.2) is 0 Å². The van der Waals surface area contributed by atoms with Gasteiger partial charge in [-0.2, -0.15) is 5.06 Å². The molecule has 0 radical (unpaired) electrons. The highest BCUT2D eigenvalue weighted by Gasteiger charge is 2.40. The van der Waals surface area contributed by atoms with Gasteiger partial charge in [0.2, 0.25) is 0 Å². The summed E-state index contributed by atoms with van der Waals surface area (Å²) in [5, 5.41) is 15.5. The van der Waals surface area contributed by atoms with Gasteiger partial charge in [-0.15, -0.1) is 0 Å². The second kappa shape index (κ2) is 6.47. The van der Waals surface area contributed by atoms with Crippen LogP contribution in [0.2, 0.25) is 0 Å². The first-order valence-electron chi connectivity index (χ1n) is 9.51. The summed E-state index contributed by atoms with van der Waals surface area (Å²) in [6, 6.07) is 13.2. The second-order valence-corrected chi connectivity index (χ2v) is 9.88. The molecular formula is C23H27BrN2O. The number of nitrogens with zero attached hydrogens (tertiary/aromatic N) is 1. The maximum atomic E-state index is 10.4. The number of hydroxylamine groups is 2. The van der Waals surface area contributed by atoms with E-state index in [2.05, 4.69) is 91.4 Å². The molecule has 0 spiro atoms. The van der Waals surface area contributed by atoms with Crippen LogP contribution in [0, 0.1) is 0 Å². The van der Waals surface area contributed by atoms with E-state index in [0.717, 1.165) is 29.5 Å². The lowest BCUT2D eigenvalue weighted by Crippen LogP contribution is -2.55. The first-order chi connectivity index (χ1) is 12.7. The molecule has 2 N–H and O–H groups in total. The van der Waals surface area contributed by atoms with Crippen molar-refractivity contribution >= 4 is 21.6 Å². The van der Waals surface area contributed by atoms with Crippen molar-refractivity contribution in [3.8, 4) is 11.1 Å². The van der Waals surface area contributed by atoms with E-state index in [-0.39, 0.29) is 11.1 Å². The van der Waals surface area contributed by atoms with Crippen LogP contribution in [0.5, 0.6) is 0 Å². The van der Waals surface area contributed by atoms with Crippen LogP contribution in [-0.4, -0.2) is 27.9 Å². The third-order valence-electron chi connectivity index (χ3n) is 5.70. The van der Waals surface area contributed by atoms with E-state index in [0.29, 0.717) is 0 Å². The molecule has 27 heavy (non-hydrogen) atoms. The van der Waals surface area contributed by atoms with Gasteiger partial charge in [-0.3, -0.25) is 0 Å². The predicted octanol–water partition coefficient (Wildman–Crippen LogP) is 6.01. The lowest BCUT2D eigenvalue weighted by Gasteiger charge is -2.47. The third-order valence-corrected chi connectivity index (χ3v) is 6.19. The highest BCUT2D eigenvalue weighted by atomic mass is 79.9. The molecule has 0 fully saturated rings. The fourth-order valence-corrected chi connectivity index (χ4v) is 5.05. The van der Waals surface area contributed by atoms with Gasteiger partial charge in [0, 0.05) is 22.2 Å². The van der Waals surface area contributed by atoms with Gasteiger partial charge in [-0.05, 0) is 87.1 Å². The van der Waals surface area contributed by atoms with Crippen LogP contribution in [0.4, 0.5) is 5.69 Å². The molecule has 2 aliphatic rings. The van der Waals surface area contributed by atoms with Crippen molar-refractivity contribution in [2.75, 3.05) is 11.9 Å². The maximum Gasteiger partial charge on any atom is 0.0592 e. The number of fused-ring (bicyclic) bond motifs is 3. The lowest BCUT2D eigenvalue weighted by atomic mass is 9.83. The van der Waals surface area contributed by atoms with Gasteiger partial charge in [0.15, 0.2) is 0 Å². The Morgan fingerprint density at radius 2 is 1.70 bits per heavy atom. The number of anilines is 1. The topological polar surface area (TPSA) is 35.5 Å². The summed E-state index contributed by atoms with van der Waals surface area (Å²) in [5.41, 5.74) is 7.34. The number of nitrogens with one attached hydrogen (secondary N) is 1. The van der Waals surface area contributed by atoms with Crippen LogP contribution in [-0.2, 0) is 6.42 Å². The van der Waals surface area contributed by atoms with E-state index < -0.39 is 0 Å². The number of benzene rings is 2. The minimum Gasteiger partial charge on any atom is -0.381 e. The molecule has 0 amide bonds. The largest absolute Gasteiger partial charge is 0.381 e. The first-order valence-corrected chi connectivity index (χ1v) is 10.3. The van der Waals surface area contributed by atoms with Crippen molar-refractivity contribution in [1.29, 1.82) is 0 Å². The number of hydrogen-bond acceptors (Lipinski definition) is 3. The normalized spacial score (nSPS) is 20.0. The fraction of sp³-hybridized carbons (Fsp3) is 0.391. The molecule has 0 unspecified atom stereocenters. The summed E-state index contributed by atoms with van der Waals surface area (Å²) in [5.74, 6) is 0. The Morgan fingerprint density at radius 1 is 1.04 bits per heavy atom. The Balaban J connectivity index is 1.51. The van der Waals surface area contributed by atoms with Crippen LogP contribution >= 0.6 is 15.9 Å². The summed E-state index contributed by atoms with van der Waals surface area (Å²) in [6.45, 7) is 9.09. The van der Waals surface area contributed by atoms with Crippen LogP contribution in [0.1, 0.15) is 45.2 Å². The molecule has 4 rings (SSSR count). The first kappa shape index (κ1) is 18.7. The zero-order chi connectivity index (χ0) is 19.4. The SMILES string of the molecule is CC1(C)C=C(CNc2ccc3c(c2)Cc2cc(Br)ccc2-3)CC(C)(C)N1O. The minimum atomic E-state index is -0.355. The van der Waals surface area contributed by atoms with Gasteiger partial charge < -0.3 is 10.5 Å². The van der Waals surface area contributed by atoms with E-state index in [1.54, 1.807) is 0 Å². The van der Waals surface area contributed by atoms with E-state index in [1.807, 2.05) is 0 Å². The van der Waals surface area contributed by atoms with Crippen molar-refractivity contribution in [2.45, 2.75) is 51.6 Å². The molecule has 0 bridgehead atoms. The summed E-state index contributed by atoms with van der Waals surface area (Å²) >= 11 is 3.58. The average molecular weight is 427 g/mol. The minimum absolute atomic E-state index is 0.262. The Bertz CT molecular complexity index is 930. The van der Waals surface area contributed by atoms with Crippen molar-refractivity contribution in [1.82, 2.24) is 5.06 Å². The molecule has 1 aliphatic carbocycles. The molecule has 1 aliphatic heterocycles. The monoisotopic (exact) mass is 426 g/mol. The van der Waals surface area contributed by atoms with Crippen molar-refractivity contribution in [2.24, 2.45) is 0 Å². The maximum absolute atomic E-state index is 10.4. The highest BCUT2D eigenvalue weighted by molar-refractivity contribution is 9.10. The van der Waals surface area contributed by atoms with Crippen molar-refractivity contribution in [3.63, 3.8) is 0 Å². The smallest absolute Gasteiger partial charge is 0.0592 e. The summed E-state index contributed by atoms with van der Waals surface area (Å²) in [6.07, 6.45) is 4.03. The fourth-order valence-electron chi connectivity index (χ4n) is 4.64. The zero-order valence-corrected chi connectivity index (χ0v) is 18.0. The van der Waals surface area contributed by atoms with Gasteiger partial charge in [0.05, 0.1) is 5.54 Å². The van der Waals surface area contributed by atoms with E-state index in [4.69, 9.17) is 0 Å². The van der Waals surface area contributed by atoms with E-state index >= 15 is 0 Å². The molecule has 0 saturated heterocycles. The molecule has 0 aromatic heterocycles. The molecule has 0 atom stereocenters. The summed E-state index contributed by atoms with van der Waals surface area (Å²) < 4.78 is 1.14. The van der Waals surface area contributed by atoms with Gasteiger partial charge >= 0.3 is 0 Å². The van der Waals surface area contributed by atoms with Crippen LogP contribution in [0.25, 0.3) is 11.1 Å². The van der Waals surface area contributed by atoms with Crippen LogP contribution < -0.4 is 5.32 Å². The average Bonchev–Trinajstić information content (AvgIpc) is 2.93. The van der Waals surface area contributed by atoms with Gasteiger partial charge in [0.25, 0.3) is 0 Å². The number of rotatable bonds is 3. The zero-order valence-electron chi connectivity index (χ0n) is 16.4. The van der Waals surface area contributed by atoms with Gasteiger partial charge in [0.1, 0.15) is 0 Å². The Hall–Kier alpha value is -1.62. The van der Waals surface area contributed by atoms with Crippen molar-refractivity contribution in [3.05, 3.63) is 63.6 Å². The Labute approximate surface area is 170 Å². The molecule has 2 aromatic carbocycles. The van der Waals surface area contributed by atoms with Crippen LogP contribution in [0.15, 0.2) is 52.5 Å². The predicted molar refractivity (Wildman–Crippen MR) is 115 cm³/mol. The van der Waals surface area contributed by atoms with Gasteiger partial charge in [-0.1, -0.05) is 39.7 Å².